The minimum absolute atomic E-state index is 0.421. The smallest absolute Gasteiger partial charge is 0.161 e. The number of methoxy groups -OCH3 is 2. The number of nitrogens with zero attached hydrogens (tertiary/aromatic N) is 1. The quantitative estimate of drug-likeness (QED) is 0.470. The number of hydrogen-bond acceptors (Lipinski definition) is 4. The molecule has 0 amide bonds. The Morgan fingerprint density at radius 1 is 1.04 bits per heavy atom. The van der Waals surface area contributed by atoms with Gasteiger partial charge in [-0.3, -0.25) is 0 Å². The van der Waals surface area contributed by atoms with Gasteiger partial charge in [0.05, 0.1) is 35.9 Å². The summed E-state index contributed by atoms with van der Waals surface area (Å²) in [6.07, 6.45) is 1.66. The average Bonchev–Trinajstić information content (AvgIpc) is 3.16. The lowest BCUT2D eigenvalue weighted by Crippen LogP contribution is -1.92. The van der Waals surface area contributed by atoms with Crippen molar-refractivity contribution in [2.45, 2.75) is 0 Å². The Morgan fingerprint density at radius 2 is 1.81 bits per heavy atom. The summed E-state index contributed by atoms with van der Waals surface area (Å²) < 4.78 is 16.4. The van der Waals surface area contributed by atoms with Crippen LogP contribution in [0.5, 0.6) is 11.5 Å². The highest BCUT2D eigenvalue weighted by Gasteiger charge is 2.12. The van der Waals surface area contributed by atoms with Crippen molar-refractivity contribution in [3.05, 3.63) is 69.9 Å². The van der Waals surface area contributed by atoms with E-state index in [0.717, 1.165) is 0 Å². The highest BCUT2D eigenvalue weighted by Crippen LogP contribution is 2.35. The van der Waals surface area contributed by atoms with Crippen LogP contribution >= 0.6 is 23.2 Å². The Balaban J connectivity index is 1.97. The molecule has 0 saturated heterocycles. The van der Waals surface area contributed by atoms with Crippen molar-refractivity contribution in [2.24, 2.45) is 0 Å². The van der Waals surface area contributed by atoms with Crippen LogP contribution in [0.4, 0.5) is 0 Å². The summed E-state index contributed by atoms with van der Waals surface area (Å²) in [5, 5.41) is 10.4. The van der Waals surface area contributed by atoms with Crippen LogP contribution in [0.1, 0.15) is 11.3 Å². The largest absolute Gasteiger partial charge is 0.493 e. The Bertz CT molecular complexity index is 1050. The Labute approximate surface area is 167 Å². The Morgan fingerprint density at radius 3 is 2.52 bits per heavy atom. The Hall–Kier alpha value is -2.87. The average molecular weight is 400 g/mol. The molecule has 4 nitrogen and oxygen atoms in total. The second-order valence-corrected chi connectivity index (χ2v) is 6.33. The fourth-order valence-corrected chi connectivity index (χ4v) is 2.99. The van der Waals surface area contributed by atoms with Gasteiger partial charge in [-0.25, -0.2) is 0 Å². The lowest BCUT2D eigenvalue weighted by Gasteiger charge is -2.08. The lowest BCUT2D eigenvalue weighted by atomic mass is 10.1. The number of benzene rings is 2. The minimum atomic E-state index is 0.421. The SMILES string of the molecule is COc1ccc(C(C#N)=Cc2ccc(-c3cccc(Cl)c3Cl)o2)cc1OC. The van der Waals surface area contributed by atoms with Crippen LogP contribution in [0.25, 0.3) is 23.0 Å². The van der Waals surface area contributed by atoms with Gasteiger partial charge in [-0.2, -0.15) is 5.26 Å². The third kappa shape index (κ3) is 3.95. The van der Waals surface area contributed by atoms with Crippen molar-refractivity contribution in [1.82, 2.24) is 0 Å². The van der Waals surface area contributed by atoms with Crippen molar-refractivity contribution in [3.8, 4) is 28.9 Å². The lowest BCUT2D eigenvalue weighted by molar-refractivity contribution is 0.355. The first-order chi connectivity index (χ1) is 13.1. The maximum Gasteiger partial charge on any atom is 0.161 e. The molecule has 1 heterocycles. The van der Waals surface area contributed by atoms with Crippen LogP contribution in [0, 0.1) is 11.3 Å². The molecule has 0 aliphatic rings. The summed E-state index contributed by atoms with van der Waals surface area (Å²) >= 11 is 12.3. The number of rotatable bonds is 5. The van der Waals surface area contributed by atoms with Crippen molar-refractivity contribution in [2.75, 3.05) is 14.2 Å². The zero-order valence-corrected chi connectivity index (χ0v) is 16.1. The number of ether oxygens (including phenoxy) is 2. The summed E-state index contributed by atoms with van der Waals surface area (Å²) in [6.45, 7) is 0. The third-order valence-electron chi connectivity index (χ3n) is 3.95. The van der Waals surface area contributed by atoms with Crippen molar-refractivity contribution < 1.29 is 13.9 Å². The topological polar surface area (TPSA) is 55.4 Å². The molecule has 1 aromatic heterocycles. The van der Waals surface area contributed by atoms with Crippen molar-refractivity contribution in [1.29, 1.82) is 5.26 Å². The first-order valence-corrected chi connectivity index (χ1v) is 8.71. The number of allylic oxidation sites excluding steroid dienone is 1. The summed E-state index contributed by atoms with van der Waals surface area (Å²) in [4.78, 5) is 0. The van der Waals surface area contributed by atoms with E-state index in [1.54, 1.807) is 62.8 Å². The van der Waals surface area contributed by atoms with E-state index in [4.69, 9.17) is 37.1 Å². The van der Waals surface area contributed by atoms with Gasteiger partial charge in [0.2, 0.25) is 0 Å². The fourth-order valence-electron chi connectivity index (χ4n) is 2.60. The van der Waals surface area contributed by atoms with Gasteiger partial charge >= 0.3 is 0 Å². The van der Waals surface area contributed by atoms with E-state index in [1.165, 1.54) is 0 Å². The highest BCUT2D eigenvalue weighted by atomic mass is 35.5. The van der Waals surface area contributed by atoms with E-state index in [2.05, 4.69) is 6.07 Å². The fraction of sp³-hybridized carbons (Fsp3) is 0.0952. The zero-order chi connectivity index (χ0) is 19.4. The molecular weight excluding hydrogens is 385 g/mol. The molecule has 6 heteroatoms. The number of nitriles is 1. The van der Waals surface area contributed by atoms with Crippen LogP contribution in [-0.2, 0) is 0 Å². The maximum atomic E-state index is 9.56. The number of halogens is 2. The van der Waals surface area contributed by atoms with Crippen LogP contribution < -0.4 is 9.47 Å². The van der Waals surface area contributed by atoms with Crippen molar-refractivity contribution >= 4 is 34.9 Å². The molecular formula is C21H15Cl2NO3. The molecule has 136 valence electrons. The Kier molecular flexibility index (Phi) is 5.75. The molecule has 0 atom stereocenters. The molecule has 0 fully saturated rings. The van der Waals surface area contributed by atoms with Gasteiger partial charge in [0, 0.05) is 5.56 Å². The molecule has 3 rings (SSSR count). The van der Waals surface area contributed by atoms with Crippen LogP contribution in [0.15, 0.2) is 52.9 Å². The molecule has 0 spiro atoms. The van der Waals surface area contributed by atoms with Crippen LogP contribution in [0.3, 0.4) is 0 Å². The molecule has 0 unspecified atom stereocenters. The first-order valence-electron chi connectivity index (χ1n) is 7.95. The van der Waals surface area contributed by atoms with Gasteiger partial charge in [-0.05, 0) is 54.1 Å². The van der Waals surface area contributed by atoms with E-state index in [9.17, 15) is 5.26 Å². The monoisotopic (exact) mass is 399 g/mol. The third-order valence-corrected chi connectivity index (χ3v) is 4.76. The molecule has 0 bridgehead atoms. The van der Waals surface area contributed by atoms with Gasteiger partial charge in [0.15, 0.2) is 11.5 Å². The molecule has 0 saturated carbocycles. The second kappa shape index (κ2) is 8.22. The van der Waals surface area contributed by atoms with Gasteiger partial charge < -0.3 is 13.9 Å². The van der Waals surface area contributed by atoms with Gasteiger partial charge in [-0.15, -0.1) is 0 Å². The minimum Gasteiger partial charge on any atom is -0.493 e. The summed E-state index contributed by atoms with van der Waals surface area (Å²) in [7, 11) is 3.11. The van der Waals surface area contributed by atoms with Gasteiger partial charge in [-0.1, -0.05) is 29.3 Å². The standard InChI is InChI=1S/C21H15Cl2NO3/c1-25-19-8-6-13(11-20(19)26-2)14(12-24)10-15-7-9-18(27-15)16-4-3-5-17(22)21(16)23/h3-11H,1-2H3. The van der Waals surface area contributed by atoms with E-state index in [1.807, 2.05) is 6.07 Å². The zero-order valence-electron chi connectivity index (χ0n) is 14.6. The molecule has 0 aliphatic carbocycles. The molecule has 0 radical (unpaired) electrons. The molecule has 3 aromatic rings. The highest BCUT2D eigenvalue weighted by molar-refractivity contribution is 6.43. The molecule has 27 heavy (non-hydrogen) atoms. The van der Waals surface area contributed by atoms with E-state index in [0.29, 0.717) is 49.8 Å². The number of furan rings is 1. The summed E-state index contributed by atoms with van der Waals surface area (Å²) in [6, 6.07) is 16.3. The summed E-state index contributed by atoms with van der Waals surface area (Å²) in [5.41, 5.74) is 1.80. The molecule has 0 aliphatic heterocycles. The van der Waals surface area contributed by atoms with Crippen LogP contribution in [0.2, 0.25) is 10.0 Å². The molecule has 2 aromatic carbocycles. The first kappa shape index (κ1) is 18.9. The van der Waals surface area contributed by atoms with E-state index >= 15 is 0 Å². The maximum absolute atomic E-state index is 9.56. The van der Waals surface area contributed by atoms with E-state index < -0.39 is 0 Å². The predicted molar refractivity (Wildman–Crippen MR) is 107 cm³/mol. The van der Waals surface area contributed by atoms with Crippen molar-refractivity contribution in [3.63, 3.8) is 0 Å². The van der Waals surface area contributed by atoms with Gasteiger partial charge in [0.25, 0.3) is 0 Å². The molecule has 0 N–H and O–H groups in total. The normalized spacial score (nSPS) is 11.1. The predicted octanol–water partition coefficient (Wildman–Crippen LogP) is 6.33. The van der Waals surface area contributed by atoms with Gasteiger partial charge in [0.1, 0.15) is 11.5 Å². The second-order valence-electron chi connectivity index (χ2n) is 5.54. The number of hydrogen-bond donors (Lipinski definition) is 0. The van der Waals surface area contributed by atoms with E-state index in [-0.39, 0.29) is 0 Å². The van der Waals surface area contributed by atoms with Crippen LogP contribution in [-0.4, -0.2) is 14.2 Å². The summed E-state index contributed by atoms with van der Waals surface area (Å²) in [5.74, 6) is 2.22.